The lowest BCUT2D eigenvalue weighted by Gasteiger charge is -2.08. The van der Waals surface area contributed by atoms with E-state index in [1.165, 1.54) is 5.56 Å². The van der Waals surface area contributed by atoms with E-state index in [0.29, 0.717) is 12.2 Å². The summed E-state index contributed by atoms with van der Waals surface area (Å²) in [5, 5.41) is 5.47. The van der Waals surface area contributed by atoms with Crippen molar-refractivity contribution >= 4 is 33.4 Å². The number of benzene rings is 2. The van der Waals surface area contributed by atoms with Crippen molar-refractivity contribution in [1.82, 2.24) is 5.32 Å². The topological polar surface area (TPSA) is 58.2 Å². The monoisotopic (exact) mass is 374 g/mol. The van der Waals surface area contributed by atoms with E-state index in [1.54, 1.807) is 6.07 Å². The highest BCUT2D eigenvalue weighted by molar-refractivity contribution is 9.10. The van der Waals surface area contributed by atoms with E-state index in [-0.39, 0.29) is 18.2 Å². The number of halogens is 1. The molecule has 2 amide bonds. The van der Waals surface area contributed by atoms with Crippen LogP contribution < -0.4 is 10.6 Å². The van der Waals surface area contributed by atoms with Gasteiger partial charge in [0.1, 0.15) is 6.42 Å². The van der Waals surface area contributed by atoms with Crippen LogP contribution >= 0.6 is 15.9 Å². The Hall–Kier alpha value is -2.14. The molecule has 2 aromatic carbocycles. The van der Waals surface area contributed by atoms with Gasteiger partial charge >= 0.3 is 0 Å². The van der Waals surface area contributed by atoms with Crippen LogP contribution in [0.5, 0.6) is 0 Å². The summed E-state index contributed by atoms with van der Waals surface area (Å²) in [5.74, 6) is -0.620. The van der Waals surface area contributed by atoms with E-state index in [1.807, 2.05) is 50.2 Å². The lowest BCUT2D eigenvalue weighted by atomic mass is 10.1. The lowest BCUT2D eigenvalue weighted by molar-refractivity contribution is -0.126. The van der Waals surface area contributed by atoms with Gasteiger partial charge < -0.3 is 10.6 Å². The molecular formula is C18H19BrN2O2. The van der Waals surface area contributed by atoms with Crippen LogP contribution in [0, 0.1) is 13.8 Å². The third-order valence-corrected chi connectivity index (χ3v) is 4.26. The van der Waals surface area contributed by atoms with Gasteiger partial charge in [-0.1, -0.05) is 45.8 Å². The fourth-order valence-corrected chi connectivity index (χ4v) is 2.29. The van der Waals surface area contributed by atoms with Crippen LogP contribution in [0.3, 0.4) is 0 Å². The van der Waals surface area contributed by atoms with Gasteiger partial charge in [-0.05, 0) is 43.2 Å². The van der Waals surface area contributed by atoms with Crippen molar-refractivity contribution in [1.29, 1.82) is 0 Å². The van der Waals surface area contributed by atoms with Gasteiger partial charge in [-0.3, -0.25) is 9.59 Å². The van der Waals surface area contributed by atoms with Gasteiger partial charge in [-0.2, -0.15) is 0 Å². The molecule has 0 aliphatic heterocycles. The first-order valence-corrected chi connectivity index (χ1v) is 8.11. The first-order valence-electron chi connectivity index (χ1n) is 7.32. The number of amides is 2. The number of anilines is 1. The molecule has 0 radical (unpaired) electrons. The first kappa shape index (κ1) is 17.2. The second kappa shape index (κ2) is 7.92. The number of nitrogens with one attached hydrogen (secondary N) is 2. The highest BCUT2D eigenvalue weighted by Gasteiger charge is 2.10. The number of rotatable bonds is 5. The molecule has 0 atom stereocenters. The van der Waals surface area contributed by atoms with Gasteiger partial charge in [0, 0.05) is 16.7 Å². The molecule has 0 fully saturated rings. The Bertz CT molecular complexity index is 711. The summed E-state index contributed by atoms with van der Waals surface area (Å²) in [7, 11) is 0. The van der Waals surface area contributed by atoms with Crippen LogP contribution in [0.2, 0.25) is 0 Å². The molecule has 2 aromatic rings. The molecule has 0 saturated carbocycles. The van der Waals surface area contributed by atoms with Crippen LogP contribution in [0.1, 0.15) is 23.1 Å². The van der Waals surface area contributed by atoms with Crippen molar-refractivity contribution in [3.05, 3.63) is 63.6 Å². The van der Waals surface area contributed by atoms with Crippen molar-refractivity contribution < 1.29 is 9.59 Å². The maximum Gasteiger partial charge on any atom is 0.233 e. The molecule has 0 aliphatic carbocycles. The van der Waals surface area contributed by atoms with Gasteiger partial charge in [-0.15, -0.1) is 0 Å². The van der Waals surface area contributed by atoms with E-state index in [2.05, 4.69) is 26.6 Å². The average molecular weight is 375 g/mol. The highest BCUT2D eigenvalue weighted by Crippen LogP contribution is 2.20. The Kier molecular flexibility index (Phi) is 5.93. The quantitative estimate of drug-likeness (QED) is 0.783. The minimum atomic E-state index is -0.326. The molecule has 2 rings (SSSR count). The molecule has 5 heteroatoms. The average Bonchev–Trinajstić information content (AvgIpc) is 2.50. The van der Waals surface area contributed by atoms with E-state index < -0.39 is 0 Å². The van der Waals surface area contributed by atoms with Gasteiger partial charge in [-0.25, -0.2) is 0 Å². The van der Waals surface area contributed by atoms with Gasteiger partial charge in [0.05, 0.1) is 0 Å². The van der Waals surface area contributed by atoms with E-state index >= 15 is 0 Å². The largest absolute Gasteiger partial charge is 0.352 e. The van der Waals surface area contributed by atoms with Crippen molar-refractivity contribution in [3.8, 4) is 0 Å². The smallest absolute Gasteiger partial charge is 0.233 e. The molecule has 120 valence electrons. The molecule has 0 saturated heterocycles. The van der Waals surface area contributed by atoms with Crippen LogP contribution in [-0.4, -0.2) is 11.8 Å². The number of carbonyl (C=O) groups excluding carboxylic acids is 2. The maximum absolute atomic E-state index is 11.9. The van der Waals surface area contributed by atoms with Crippen molar-refractivity contribution in [2.75, 3.05) is 5.32 Å². The third-order valence-electron chi connectivity index (χ3n) is 3.37. The third kappa shape index (κ3) is 5.53. The number of carbonyl (C=O) groups is 2. The molecule has 0 aliphatic rings. The zero-order valence-corrected chi connectivity index (χ0v) is 14.7. The number of hydrogen-bond acceptors (Lipinski definition) is 2. The molecule has 0 spiro atoms. The van der Waals surface area contributed by atoms with Crippen molar-refractivity contribution in [3.63, 3.8) is 0 Å². The van der Waals surface area contributed by atoms with Crippen molar-refractivity contribution in [2.45, 2.75) is 26.8 Å². The maximum atomic E-state index is 11.9. The predicted molar refractivity (Wildman–Crippen MR) is 95.2 cm³/mol. The van der Waals surface area contributed by atoms with Crippen LogP contribution in [-0.2, 0) is 16.1 Å². The molecule has 2 N–H and O–H groups in total. The summed E-state index contributed by atoms with van der Waals surface area (Å²) < 4.78 is 0.978. The minimum absolute atomic E-state index is 0.193. The number of hydrogen-bond donors (Lipinski definition) is 2. The molecular weight excluding hydrogens is 356 g/mol. The SMILES string of the molecule is Cc1ccc(CNC(=O)CC(=O)Nc2ccc(Br)c(C)c2)cc1. The summed E-state index contributed by atoms with van der Waals surface area (Å²) >= 11 is 3.41. The second-order valence-electron chi connectivity index (χ2n) is 5.45. The van der Waals surface area contributed by atoms with Gasteiger partial charge in [0.2, 0.25) is 11.8 Å². The Morgan fingerprint density at radius 3 is 2.35 bits per heavy atom. The Morgan fingerprint density at radius 1 is 1.00 bits per heavy atom. The fraction of sp³-hybridized carbons (Fsp3) is 0.222. The normalized spacial score (nSPS) is 10.2. The summed E-state index contributed by atoms with van der Waals surface area (Å²) in [6.07, 6.45) is -0.193. The second-order valence-corrected chi connectivity index (χ2v) is 6.31. The van der Waals surface area contributed by atoms with Gasteiger partial charge in [0.15, 0.2) is 0 Å². The summed E-state index contributed by atoms with van der Waals surface area (Å²) in [4.78, 5) is 23.7. The molecule has 23 heavy (non-hydrogen) atoms. The molecule has 0 heterocycles. The zero-order valence-electron chi connectivity index (χ0n) is 13.2. The Balaban J connectivity index is 1.81. The predicted octanol–water partition coefficient (Wildman–Crippen LogP) is 3.71. The van der Waals surface area contributed by atoms with Crippen LogP contribution in [0.15, 0.2) is 46.9 Å². The number of aryl methyl sites for hydroxylation is 2. The van der Waals surface area contributed by atoms with E-state index in [9.17, 15) is 9.59 Å². The summed E-state index contributed by atoms with van der Waals surface area (Å²) in [6.45, 7) is 4.37. The molecule has 0 aromatic heterocycles. The Morgan fingerprint density at radius 2 is 1.70 bits per heavy atom. The van der Waals surface area contributed by atoms with Crippen LogP contribution in [0.4, 0.5) is 5.69 Å². The highest BCUT2D eigenvalue weighted by atomic mass is 79.9. The molecule has 4 nitrogen and oxygen atoms in total. The molecule has 0 unspecified atom stereocenters. The lowest BCUT2D eigenvalue weighted by Crippen LogP contribution is -2.27. The fourth-order valence-electron chi connectivity index (χ4n) is 2.04. The minimum Gasteiger partial charge on any atom is -0.352 e. The molecule has 0 bridgehead atoms. The summed E-state index contributed by atoms with van der Waals surface area (Å²) in [6, 6.07) is 13.4. The first-order chi connectivity index (χ1) is 10.9. The Labute approximate surface area is 144 Å². The zero-order chi connectivity index (χ0) is 16.8. The summed E-state index contributed by atoms with van der Waals surface area (Å²) in [5.41, 5.74) is 3.88. The standard InChI is InChI=1S/C18H19BrN2O2/c1-12-3-5-14(6-4-12)11-20-17(22)10-18(23)21-15-7-8-16(19)13(2)9-15/h3-9H,10-11H2,1-2H3,(H,20,22)(H,21,23). The van der Waals surface area contributed by atoms with Crippen LogP contribution in [0.25, 0.3) is 0 Å². The van der Waals surface area contributed by atoms with Gasteiger partial charge in [0.25, 0.3) is 0 Å². The van der Waals surface area contributed by atoms with E-state index in [4.69, 9.17) is 0 Å². The van der Waals surface area contributed by atoms with E-state index in [0.717, 1.165) is 15.6 Å². The van der Waals surface area contributed by atoms with Crippen molar-refractivity contribution in [2.24, 2.45) is 0 Å².